The zero-order valence-corrected chi connectivity index (χ0v) is 12.5. The summed E-state index contributed by atoms with van der Waals surface area (Å²) in [5, 5.41) is 0. The molecule has 2 aromatic rings. The van der Waals surface area contributed by atoms with Crippen LogP contribution in [0.1, 0.15) is 31.0 Å². The van der Waals surface area contributed by atoms with Gasteiger partial charge in [-0.2, -0.15) is 0 Å². The summed E-state index contributed by atoms with van der Waals surface area (Å²) in [5.41, 5.74) is 7.86. The molecule has 21 heavy (non-hydrogen) atoms. The monoisotopic (exact) mass is 288 g/mol. The van der Waals surface area contributed by atoms with Crippen LogP contribution in [0.2, 0.25) is 0 Å². The van der Waals surface area contributed by atoms with E-state index in [-0.39, 0.29) is 5.82 Å². The fourth-order valence-electron chi connectivity index (χ4n) is 2.32. The minimum absolute atomic E-state index is 0.340. The van der Waals surface area contributed by atoms with E-state index in [0.29, 0.717) is 0 Å². The molecule has 0 radical (unpaired) electrons. The predicted octanol–water partition coefficient (Wildman–Crippen LogP) is 3.43. The molecule has 0 fully saturated rings. The average Bonchev–Trinajstić information content (AvgIpc) is 2.53. The van der Waals surface area contributed by atoms with Crippen molar-refractivity contribution in [1.82, 2.24) is 4.98 Å². The van der Waals surface area contributed by atoms with Crippen LogP contribution >= 0.6 is 0 Å². The van der Waals surface area contributed by atoms with E-state index in [2.05, 4.69) is 4.98 Å². The van der Waals surface area contributed by atoms with E-state index in [9.17, 15) is 4.39 Å². The number of hydrogen-bond acceptors (Lipinski definition) is 3. The number of methoxy groups -OCH3 is 1. The molecule has 0 amide bonds. The van der Waals surface area contributed by atoms with Gasteiger partial charge < -0.3 is 10.5 Å². The third-order valence-electron chi connectivity index (χ3n) is 3.89. The van der Waals surface area contributed by atoms with E-state index in [0.717, 1.165) is 30.7 Å². The fourth-order valence-corrected chi connectivity index (χ4v) is 2.32. The Morgan fingerprint density at radius 3 is 2.43 bits per heavy atom. The summed E-state index contributed by atoms with van der Waals surface area (Å²) in [6.45, 7) is 2.03. The molecule has 3 nitrogen and oxygen atoms in total. The molecule has 1 atom stereocenters. The Kier molecular flexibility index (Phi) is 4.91. The maximum atomic E-state index is 13.0. The normalized spacial score (nSPS) is 13.7. The van der Waals surface area contributed by atoms with Crippen molar-refractivity contribution in [2.45, 2.75) is 31.7 Å². The van der Waals surface area contributed by atoms with Gasteiger partial charge in [0, 0.05) is 0 Å². The number of hydrogen-bond donors (Lipinski definition) is 1. The van der Waals surface area contributed by atoms with Crippen LogP contribution in [0.4, 0.5) is 4.39 Å². The topological polar surface area (TPSA) is 48.1 Å². The van der Waals surface area contributed by atoms with Crippen molar-refractivity contribution in [3.63, 3.8) is 0 Å². The van der Waals surface area contributed by atoms with E-state index >= 15 is 0 Å². The Balaban J connectivity index is 2.08. The van der Waals surface area contributed by atoms with Crippen molar-refractivity contribution in [1.29, 1.82) is 0 Å². The molecule has 0 aliphatic heterocycles. The Hall–Kier alpha value is -1.94. The molecule has 1 unspecified atom stereocenters. The van der Waals surface area contributed by atoms with Gasteiger partial charge >= 0.3 is 0 Å². The van der Waals surface area contributed by atoms with E-state index in [1.165, 1.54) is 17.8 Å². The van der Waals surface area contributed by atoms with Crippen LogP contribution in [0, 0.1) is 5.82 Å². The van der Waals surface area contributed by atoms with Crippen LogP contribution in [0.25, 0.3) is 0 Å². The van der Waals surface area contributed by atoms with Crippen molar-refractivity contribution in [3.05, 3.63) is 59.7 Å². The molecule has 0 spiro atoms. The summed E-state index contributed by atoms with van der Waals surface area (Å²) >= 11 is 0. The minimum Gasteiger partial charge on any atom is -0.497 e. The molecule has 112 valence electrons. The quantitative estimate of drug-likeness (QED) is 0.886. The third-order valence-corrected chi connectivity index (χ3v) is 3.89. The second-order valence-electron chi connectivity index (χ2n) is 5.22. The van der Waals surface area contributed by atoms with Crippen LogP contribution in [-0.4, -0.2) is 12.1 Å². The molecule has 0 aliphatic carbocycles. The third kappa shape index (κ3) is 3.79. The highest BCUT2D eigenvalue weighted by Crippen LogP contribution is 2.26. The molecule has 0 bridgehead atoms. The molecule has 2 N–H and O–H groups in total. The lowest BCUT2D eigenvalue weighted by molar-refractivity contribution is 0.381. The van der Waals surface area contributed by atoms with Crippen molar-refractivity contribution >= 4 is 0 Å². The highest BCUT2D eigenvalue weighted by molar-refractivity contribution is 5.27. The van der Waals surface area contributed by atoms with Gasteiger partial charge in [0.25, 0.3) is 0 Å². The zero-order chi connectivity index (χ0) is 15.3. The van der Waals surface area contributed by atoms with Gasteiger partial charge in [0.05, 0.1) is 24.5 Å². The van der Waals surface area contributed by atoms with Crippen LogP contribution in [0.15, 0.2) is 42.6 Å². The molecular formula is C17H21FN2O. The summed E-state index contributed by atoms with van der Waals surface area (Å²) in [6, 6.07) is 11.0. The summed E-state index contributed by atoms with van der Waals surface area (Å²) in [6.07, 6.45) is 3.57. The lowest BCUT2D eigenvalue weighted by Crippen LogP contribution is -2.37. The average molecular weight is 288 g/mol. The summed E-state index contributed by atoms with van der Waals surface area (Å²) in [4.78, 5) is 4.14. The number of nitrogens with two attached hydrogens (primary N) is 1. The first-order chi connectivity index (χ1) is 10.1. The predicted molar refractivity (Wildman–Crippen MR) is 81.7 cm³/mol. The van der Waals surface area contributed by atoms with Crippen molar-refractivity contribution in [2.75, 3.05) is 7.11 Å². The maximum absolute atomic E-state index is 13.0. The second kappa shape index (κ2) is 6.68. The largest absolute Gasteiger partial charge is 0.497 e. The SMILES string of the molecule is CCC(N)(CCc1ccc(OC)cc1)c1ccc(F)cn1. The lowest BCUT2D eigenvalue weighted by atomic mass is 9.86. The van der Waals surface area contributed by atoms with Crippen molar-refractivity contribution in [3.8, 4) is 5.75 Å². The standard InChI is InChI=1S/C17H21FN2O/c1-3-17(19,16-9-6-14(18)12-20-16)11-10-13-4-7-15(21-2)8-5-13/h4-9,12H,3,10-11,19H2,1-2H3. The number of ether oxygens (including phenoxy) is 1. The zero-order valence-electron chi connectivity index (χ0n) is 12.5. The number of rotatable bonds is 6. The van der Waals surface area contributed by atoms with Gasteiger partial charge in [0.1, 0.15) is 11.6 Å². The van der Waals surface area contributed by atoms with Crippen molar-refractivity contribution in [2.24, 2.45) is 5.73 Å². The molecule has 0 saturated carbocycles. The summed E-state index contributed by atoms with van der Waals surface area (Å²) in [5.74, 6) is 0.501. The Morgan fingerprint density at radius 1 is 1.19 bits per heavy atom. The van der Waals surface area contributed by atoms with E-state index in [4.69, 9.17) is 10.5 Å². The summed E-state index contributed by atoms with van der Waals surface area (Å²) < 4.78 is 18.1. The van der Waals surface area contributed by atoms with Crippen LogP contribution in [0.5, 0.6) is 5.75 Å². The molecule has 1 aromatic carbocycles. The molecule has 4 heteroatoms. The smallest absolute Gasteiger partial charge is 0.141 e. The first kappa shape index (κ1) is 15.4. The molecule has 1 heterocycles. The Morgan fingerprint density at radius 2 is 1.90 bits per heavy atom. The second-order valence-corrected chi connectivity index (χ2v) is 5.22. The number of aryl methyl sites for hydroxylation is 1. The number of pyridine rings is 1. The van der Waals surface area contributed by atoms with Crippen molar-refractivity contribution < 1.29 is 9.13 Å². The van der Waals surface area contributed by atoms with Crippen LogP contribution in [-0.2, 0) is 12.0 Å². The van der Waals surface area contributed by atoms with Gasteiger partial charge in [0.2, 0.25) is 0 Å². The van der Waals surface area contributed by atoms with Gasteiger partial charge in [-0.3, -0.25) is 4.98 Å². The van der Waals surface area contributed by atoms with Gasteiger partial charge in [0.15, 0.2) is 0 Å². The highest BCUT2D eigenvalue weighted by atomic mass is 19.1. The number of aromatic nitrogens is 1. The van der Waals surface area contributed by atoms with E-state index < -0.39 is 5.54 Å². The number of benzene rings is 1. The van der Waals surface area contributed by atoms with Gasteiger partial charge in [-0.05, 0) is 49.1 Å². The Bertz CT molecular complexity index is 568. The van der Waals surface area contributed by atoms with Gasteiger partial charge in [-0.15, -0.1) is 0 Å². The molecular weight excluding hydrogens is 267 g/mol. The molecule has 1 aromatic heterocycles. The number of nitrogens with zero attached hydrogens (tertiary/aromatic N) is 1. The minimum atomic E-state index is -0.534. The Labute approximate surface area is 125 Å². The van der Waals surface area contributed by atoms with E-state index in [1.54, 1.807) is 13.2 Å². The first-order valence-electron chi connectivity index (χ1n) is 7.11. The molecule has 0 saturated heterocycles. The van der Waals surface area contributed by atoms with Crippen LogP contribution in [0.3, 0.4) is 0 Å². The number of halogens is 1. The van der Waals surface area contributed by atoms with Gasteiger partial charge in [-0.25, -0.2) is 4.39 Å². The lowest BCUT2D eigenvalue weighted by Gasteiger charge is -2.27. The fraction of sp³-hybridized carbons (Fsp3) is 0.353. The highest BCUT2D eigenvalue weighted by Gasteiger charge is 2.26. The van der Waals surface area contributed by atoms with E-state index in [1.807, 2.05) is 31.2 Å². The van der Waals surface area contributed by atoms with Crippen LogP contribution < -0.4 is 10.5 Å². The molecule has 0 aliphatic rings. The van der Waals surface area contributed by atoms with Gasteiger partial charge in [-0.1, -0.05) is 19.1 Å². The summed E-state index contributed by atoms with van der Waals surface area (Å²) in [7, 11) is 1.65. The maximum Gasteiger partial charge on any atom is 0.141 e. The first-order valence-corrected chi connectivity index (χ1v) is 7.11. The molecule has 2 rings (SSSR count).